The lowest BCUT2D eigenvalue weighted by molar-refractivity contribution is -0.0296. The van der Waals surface area contributed by atoms with Crippen LogP contribution in [0.1, 0.15) is 32.1 Å². The van der Waals surface area contributed by atoms with Gasteiger partial charge < -0.3 is 4.74 Å². The highest BCUT2D eigenvalue weighted by molar-refractivity contribution is 6.59. The minimum absolute atomic E-state index is 0.129. The molecule has 13 heavy (non-hydrogen) atoms. The van der Waals surface area contributed by atoms with Crippen LogP contribution < -0.4 is 0 Å². The van der Waals surface area contributed by atoms with E-state index in [1.807, 2.05) is 0 Å². The summed E-state index contributed by atoms with van der Waals surface area (Å²) in [7, 11) is -0.808. The van der Waals surface area contributed by atoms with Crippen molar-refractivity contribution in [1.29, 1.82) is 0 Å². The maximum Gasteiger partial charge on any atom is 0.0895 e. The molecule has 0 aromatic heterocycles. The van der Waals surface area contributed by atoms with Crippen LogP contribution in [0.2, 0.25) is 13.1 Å². The summed E-state index contributed by atoms with van der Waals surface area (Å²) in [5.41, 5.74) is 0. The van der Waals surface area contributed by atoms with Crippen LogP contribution in [0.15, 0.2) is 0 Å². The van der Waals surface area contributed by atoms with Crippen LogP contribution in [0, 0.1) is 0 Å². The van der Waals surface area contributed by atoms with Crippen LogP contribution in [0.4, 0.5) is 4.39 Å². The molecule has 1 aliphatic heterocycles. The quantitative estimate of drug-likeness (QED) is 0.640. The fraction of sp³-hybridized carbons (Fsp3) is 1.00. The first-order chi connectivity index (χ1) is 6.21. The molecule has 78 valence electrons. The molecule has 0 aromatic carbocycles. The zero-order valence-corrected chi connectivity index (χ0v) is 9.97. The van der Waals surface area contributed by atoms with Gasteiger partial charge in [-0.2, -0.15) is 0 Å². The van der Waals surface area contributed by atoms with Gasteiger partial charge in [0.25, 0.3) is 0 Å². The molecule has 1 atom stereocenters. The van der Waals surface area contributed by atoms with Crippen molar-refractivity contribution in [2.75, 3.05) is 13.3 Å². The van der Waals surface area contributed by atoms with Crippen LogP contribution in [-0.2, 0) is 4.74 Å². The summed E-state index contributed by atoms with van der Waals surface area (Å²) in [6.45, 7) is 5.36. The van der Waals surface area contributed by atoms with Gasteiger partial charge in [-0.05, 0) is 32.1 Å². The molecule has 0 aliphatic carbocycles. The molecule has 1 fully saturated rings. The highest BCUT2D eigenvalue weighted by atomic mass is 28.3. The van der Waals surface area contributed by atoms with Gasteiger partial charge >= 0.3 is 0 Å². The monoisotopic (exact) mass is 204 g/mol. The highest BCUT2D eigenvalue weighted by Crippen LogP contribution is 2.32. The van der Waals surface area contributed by atoms with Gasteiger partial charge in [0, 0.05) is 6.61 Å². The smallest absolute Gasteiger partial charge is 0.0895 e. The van der Waals surface area contributed by atoms with E-state index in [1.165, 1.54) is 19.3 Å². The summed E-state index contributed by atoms with van der Waals surface area (Å²) < 4.78 is 18.1. The molecule has 0 radical (unpaired) electrons. The molecule has 1 saturated heterocycles. The molecular weight excluding hydrogens is 183 g/mol. The van der Waals surface area contributed by atoms with E-state index in [0.29, 0.717) is 6.42 Å². The van der Waals surface area contributed by atoms with Gasteiger partial charge in [-0.25, -0.2) is 0 Å². The fourth-order valence-corrected chi connectivity index (χ4v) is 4.20. The fourth-order valence-electron chi connectivity index (χ4n) is 2.18. The van der Waals surface area contributed by atoms with Crippen LogP contribution in [-0.4, -0.2) is 27.3 Å². The van der Waals surface area contributed by atoms with Crippen LogP contribution in [0.5, 0.6) is 0 Å². The largest absolute Gasteiger partial charge is 0.379 e. The first-order valence-corrected chi connectivity index (χ1v) is 8.30. The summed E-state index contributed by atoms with van der Waals surface area (Å²) in [6.07, 6.45) is 5.28. The Kier molecular flexibility index (Phi) is 4.39. The van der Waals surface area contributed by atoms with Gasteiger partial charge in [0.2, 0.25) is 0 Å². The van der Waals surface area contributed by atoms with Crippen LogP contribution in [0.3, 0.4) is 0 Å². The lowest BCUT2D eigenvalue weighted by Crippen LogP contribution is -2.47. The third-order valence-electron chi connectivity index (χ3n) is 3.17. The summed E-state index contributed by atoms with van der Waals surface area (Å²) in [5.74, 6) is 0. The Morgan fingerprint density at radius 2 is 2.15 bits per heavy atom. The van der Waals surface area contributed by atoms with E-state index in [4.69, 9.17) is 4.74 Å². The van der Waals surface area contributed by atoms with E-state index in [9.17, 15) is 4.39 Å². The molecule has 1 unspecified atom stereocenters. The van der Waals surface area contributed by atoms with E-state index in [0.717, 1.165) is 13.0 Å². The molecule has 0 bridgehead atoms. The first kappa shape index (κ1) is 11.2. The zero-order valence-electron chi connectivity index (χ0n) is 8.81. The number of halogens is 1. The number of hydrogen-bond acceptors (Lipinski definition) is 1. The Balaban J connectivity index is 2.51. The molecule has 1 heterocycles. The molecule has 0 saturated carbocycles. The average Bonchev–Trinajstić information content (AvgIpc) is 2.16. The second kappa shape index (κ2) is 5.10. The minimum atomic E-state index is -0.808. The predicted octanol–water partition coefficient (Wildman–Crippen LogP) is 2.70. The van der Waals surface area contributed by atoms with E-state index in [-0.39, 0.29) is 11.9 Å². The summed E-state index contributed by atoms with van der Waals surface area (Å²) in [6, 6.07) is 0. The van der Waals surface area contributed by atoms with Crippen molar-refractivity contribution in [3.8, 4) is 0 Å². The zero-order chi connectivity index (χ0) is 9.73. The third-order valence-corrected chi connectivity index (χ3v) is 6.02. The Morgan fingerprint density at radius 1 is 1.38 bits per heavy atom. The lowest BCUT2D eigenvalue weighted by atomic mass is 10.0. The Morgan fingerprint density at radius 3 is 2.62 bits per heavy atom. The molecule has 0 spiro atoms. The van der Waals surface area contributed by atoms with Gasteiger partial charge in [-0.15, -0.1) is 0 Å². The number of rotatable bonds is 4. The summed E-state index contributed by atoms with van der Waals surface area (Å²) in [4.78, 5) is 0. The lowest BCUT2D eigenvalue weighted by Gasteiger charge is -2.40. The van der Waals surface area contributed by atoms with Gasteiger partial charge in [0.15, 0.2) is 0 Å². The summed E-state index contributed by atoms with van der Waals surface area (Å²) >= 11 is 0. The van der Waals surface area contributed by atoms with E-state index >= 15 is 0 Å². The van der Waals surface area contributed by atoms with E-state index < -0.39 is 8.80 Å². The second-order valence-electron chi connectivity index (χ2n) is 4.32. The number of ether oxygens (including phenoxy) is 1. The van der Waals surface area contributed by atoms with Crippen molar-refractivity contribution in [2.24, 2.45) is 0 Å². The second-order valence-corrected chi connectivity index (χ2v) is 7.68. The van der Waals surface area contributed by atoms with Crippen molar-refractivity contribution >= 4 is 8.80 Å². The average molecular weight is 204 g/mol. The Hall–Kier alpha value is 0.107. The van der Waals surface area contributed by atoms with Gasteiger partial charge in [-0.3, -0.25) is 4.39 Å². The molecule has 0 N–H and O–H groups in total. The van der Waals surface area contributed by atoms with Crippen LogP contribution in [0.25, 0.3) is 0 Å². The normalized spacial score (nSPS) is 29.5. The van der Waals surface area contributed by atoms with E-state index in [2.05, 4.69) is 13.1 Å². The first-order valence-electron chi connectivity index (χ1n) is 5.41. The molecule has 1 nitrogen and oxygen atoms in total. The van der Waals surface area contributed by atoms with Gasteiger partial charge in [-0.1, -0.05) is 13.1 Å². The van der Waals surface area contributed by atoms with Crippen molar-refractivity contribution in [3.63, 3.8) is 0 Å². The number of alkyl halides is 1. The predicted molar refractivity (Wildman–Crippen MR) is 56.6 cm³/mol. The molecule has 0 aromatic rings. The van der Waals surface area contributed by atoms with Gasteiger partial charge in [0.1, 0.15) is 0 Å². The molecule has 0 amide bonds. The molecule has 1 aliphatic rings. The van der Waals surface area contributed by atoms with Crippen molar-refractivity contribution in [2.45, 2.75) is 50.4 Å². The molecular formula is C10H21FOSi. The summed E-state index contributed by atoms with van der Waals surface area (Å²) in [5, 5.41) is 0.129. The van der Waals surface area contributed by atoms with E-state index in [1.54, 1.807) is 0 Å². The number of hydrogen-bond donors (Lipinski definition) is 0. The highest BCUT2D eigenvalue weighted by Gasteiger charge is 2.36. The van der Waals surface area contributed by atoms with Gasteiger partial charge in [0.05, 0.1) is 20.7 Å². The van der Waals surface area contributed by atoms with Crippen molar-refractivity contribution in [1.82, 2.24) is 0 Å². The molecule has 1 rings (SSSR count). The maximum absolute atomic E-state index is 12.1. The maximum atomic E-state index is 12.1. The molecule has 3 heteroatoms. The minimum Gasteiger partial charge on any atom is -0.379 e. The van der Waals surface area contributed by atoms with Crippen molar-refractivity contribution in [3.05, 3.63) is 0 Å². The van der Waals surface area contributed by atoms with Crippen LogP contribution >= 0.6 is 0 Å². The third kappa shape index (κ3) is 2.78. The Bertz CT molecular complexity index is 144. The Labute approximate surface area is 82.3 Å². The standard InChI is InChI=1S/C10H21FOSi/c1-13(2)10(7-5-8-11)6-3-4-9-12-10/h13H,3-9H2,1-2H3. The van der Waals surface area contributed by atoms with Crippen molar-refractivity contribution < 1.29 is 9.13 Å². The topological polar surface area (TPSA) is 9.23 Å². The SMILES string of the molecule is C[SiH](C)C1(CCCF)CCCCO1.